The quantitative estimate of drug-likeness (QED) is 0.678. The smallest absolute Gasteiger partial charge is 0.0329 e. The molecule has 17 heavy (non-hydrogen) atoms. The Morgan fingerprint density at radius 2 is 2.00 bits per heavy atom. The van der Waals surface area contributed by atoms with Crippen LogP contribution in [0.2, 0.25) is 0 Å². The molecule has 1 N–H and O–H groups in total. The number of halogens is 2. The summed E-state index contributed by atoms with van der Waals surface area (Å²) in [4.78, 5) is 0. The highest BCUT2D eigenvalue weighted by atomic mass is 127. The molecule has 1 aromatic carbocycles. The monoisotopic (exact) mass is 409 g/mol. The molecule has 3 heteroatoms. The van der Waals surface area contributed by atoms with Crippen LogP contribution in [0, 0.1) is 8.99 Å². The molecule has 0 fully saturated rings. The zero-order chi connectivity index (χ0) is 13.1. The van der Waals surface area contributed by atoms with Crippen LogP contribution >= 0.6 is 38.5 Å². The van der Waals surface area contributed by atoms with E-state index < -0.39 is 0 Å². The Kier molecular flexibility index (Phi) is 5.93. The Hall–Kier alpha value is 0.390. The van der Waals surface area contributed by atoms with Crippen LogP contribution in [0.5, 0.6) is 0 Å². The van der Waals surface area contributed by atoms with E-state index in [1.807, 2.05) is 7.05 Å². The summed E-state index contributed by atoms with van der Waals surface area (Å²) >= 11 is 6.02. The summed E-state index contributed by atoms with van der Waals surface area (Å²) in [6.07, 6.45) is 2.38. The van der Waals surface area contributed by atoms with Gasteiger partial charge in [0.2, 0.25) is 0 Å². The van der Waals surface area contributed by atoms with Crippen molar-refractivity contribution in [2.75, 3.05) is 7.05 Å². The van der Waals surface area contributed by atoms with Gasteiger partial charge >= 0.3 is 0 Å². The topological polar surface area (TPSA) is 12.0 Å². The molecule has 0 spiro atoms. The first-order chi connectivity index (χ1) is 7.83. The Bertz CT molecular complexity index is 371. The molecule has 0 aliphatic heterocycles. The molecule has 1 unspecified atom stereocenters. The van der Waals surface area contributed by atoms with E-state index in [1.165, 1.54) is 26.4 Å². The van der Waals surface area contributed by atoms with Crippen molar-refractivity contribution in [1.82, 2.24) is 5.32 Å². The number of hydrogen-bond acceptors (Lipinski definition) is 1. The van der Waals surface area contributed by atoms with Gasteiger partial charge in [0.15, 0.2) is 0 Å². The number of benzene rings is 1. The van der Waals surface area contributed by atoms with Crippen LogP contribution in [0.15, 0.2) is 22.7 Å². The van der Waals surface area contributed by atoms with Gasteiger partial charge in [-0.05, 0) is 71.7 Å². The van der Waals surface area contributed by atoms with Gasteiger partial charge in [-0.1, -0.05) is 36.7 Å². The maximum Gasteiger partial charge on any atom is 0.0329 e. The second-order valence-corrected chi connectivity index (χ2v) is 7.71. The van der Waals surface area contributed by atoms with Crippen molar-refractivity contribution < 1.29 is 0 Å². The average Bonchev–Trinajstić information content (AvgIpc) is 2.22. The van der Waals surface area contributed by atoms with E-state index in [4.69, 9.17) is 0 Å². The molecule has 0 bridgehead atoms. The van der Waals surface area contributed by atoms with Gasteiger partial charge in [-0.3, -0.25) is 0 Å². The van der Waals surface area contributed by atoms with Crippen LogP contribution in [0.25, 0.3) is 0 Å². The fraction of sp³-hybridized carbons (Fsp3) is 0.571. The Labute approximate surface area is 127 Å². The van der Waals surface area contributed by atoms with Crippen molar-refractivity contribution in [3.8, 4) is 0 Å². The third-order valence-electron chi connectivity index (χ3n) is 2.86. The summed E-state index contributed by atoms with van der Waals surface area (Å²) in [6, 6.07) is 6.95. The van der Waals surface area contributed by atoms with Gasteiger partial charge in [-0.25, -0.2) is 0 Å². The summed E-state index contributed by atoms with van der Waals surface area (Å²) in [6.45, 7) is 6.89. The molecular formula is C14H21BrIN. The van der Waals surface area contributed by atoms with Gasteiger partial charge in [-0.2, -0.15) is 0 Å². The van der Waals surface area contributed by atoms with Gasteiger partial charge in [0.1, 0.15) is 0 Å². The standard InChI is InChI=1S/C14H21BrIN/c1-14(2,3)8-7-13(17-4)11-9-10(16)5-6-12(11)15/h5-6,9,13,17H,7-8H2,1-4H3. The van der Waals surface area contributed by atoms with Crippen LogP contribution in [-0.4, -0.2) is 7.05 Å². The molecular weight excluding hydrogens is 389 g/mol. The van der Waals surface area contributed by atoms with E-state index in [9.17, 15) is 0 Å². The molecule has 0 saturated heterocycles. The van der Waals surface area contributed by atoms with Gasteiger partial charge in [0, 0.05) is 14.1 Å². The van der Waals surface area contributed by atoms with Crippen molar-refractivity contribution in [3.05, 3.63) is 31.8 Å². The molecule has 1 rings (SSSR count). The Morgan fingerprint density at radius 3 is 2.53 bits per heavy atom. The minimum absolute atomic E-state index is 0.392. The van der Waals surface area contributed by atoms with E-state index in [-0.39, 0.29) is 0 Å². The van der Waals surface area contributed by atoms with E-state index >= 15 is 0 Å². The highest BCUT2D eigenvalue weighted by Crippen LogP contribution is 2.31. The minimum atomic E-state index is 0.392. The third-order valence-corrected chi connectivity index (χ3v) is 4.26. The minimum Gasteiger partial charge on any atom is -0.313 e. The van der Waals surface area contributed by atoms with E-state index in [2.05, 4.69) is 82.8 Å². The fourth-order valence-electron chi connectivity index (χ4n) is 1.81. The predicted molar refractivity (Wildman–Crippen MR) is 87.3 cm³/mol. The highest BCUT2D eigenvalue weighted by Gasteiger charge is 2.17. The third kappa shape index (κ3) is 5.26. The zero-order valence-corrected chi connectivity index (χ0v) is 14.7. The molecule has 0 heterocycles. The predicted octanol–water partition coefficient (Wildman–Crippen LogP) is 5.14. The lowest BCUT2D eigenvalue weighted by atomic mass is 9.87. The molecule has 1 aromatic rings. The Balaban J connectivity index is 2.82. The van der Waals surface area contributed by atoms with Gasteiger partial charge < -0.3 is 5.32 Å². The molecule has 0 aromatic heterocycles. The lowest BCUT2D eigenvalue weighted by Gasteiger charge is -2.24. The second kappa shape index (κ2) is 6.53. The van der Waals surface area contributed by atoms with Crippen LogP contribution in [0.1, 0.15) is 45.2 Å². The first-order valence-corrected chi connectivity index (χ1v) is 7.83. The van der Waals surface area contributed by atoms with Crippen LogP contribution in [0.3, 0.4) is 0 Å². The molecule has 0 aliphatic rings. The molecule has 0 aliphatic carbocycles. The molecule has 0 amide bonds. The zero-order valence-electron chi connectivity index (χ0n) is 11.0. The van der Waals surface area contributed by atoms with Crippen molar-refractivity contribution in [3.63, 3.8) is 0 Å². The first kappa shape index (κ1) is 15.4. The molecule has 1 atom stereocenters. The summed E-state index contributed by atoms with van der Waals surface area (Å²) in [5.41, 5.74) is 1.76. The Morgan fingerprint density at radius 1 is 1.35 bits per heavy atom. The van der Waals surface area contributed by atoms with E-state index in [0.29, 0.717) is 11.5 Å². The number of rotatable bonds is 4. The van der Waals surface area contributed by atoms with Crippen LogP contribution < -0.4 is 5.32 Å². The second-order valence-electron chi connectivity index (χ2n) is 5.61. The van der Waals surface area contributed by atoms with Crippen LogP contribution in [0.4, 0.5) is 0 Å². The van der Waals surface area contributed by atoms with Gasteiger partial charge in [-0.15, -0.1) is 0 Å². The van der Waals surface area contributed by atoms with E-state index in [0.717, 1.165) is 0 Å². The maximum atomic E-state index is 3.65. The average molecular weight is 410 g/mol. The highest BCUT2D eigenvalue weighted by molar-refractivity contribution is 14.1. The van der Waals surface area contributed by atoms with Crippen molar-refractivity contribution in [2.45, 2.75) is 39.7 Å². The fourth-order valence-corrected chi connectivity index (χ4v) is 2.85. The molecule has 0 radical (unpaired) electrons. The summed E-state index contributed by atoms with van der Waals surface area (Å²) in [5, 5.41) is 3.43. The lowest BCUT2D eigenvalue weighted by Crippen LogP contribution is -2.19. The van der Waals surface area contributed by atoms with Gasteiger partial charge in [0.25, 0.3) is 0 Å². The lowest BCUT2D eigenvalue weighted by molar-refractivity contribution is 0.337. The van der Waals surface area contributed by atoms with Crippen molar-refractivity contribution in [2.24, 2.45) is 5.41 Å². The van der Waals surface area contributed by atoms with Crippen molar-refractivity contribution >= 4 is 38.5 Å². The number of hydrogen-bond donors (Lipinski definition) is 1. The van der Waals surface area contributed by atoms with Crippen LogP contribution in [-0.2, 0) is 0 Å². The first-order valence-electron chi connectivity index (χ1n) is 5.96. The normalized spacial score (nSPS) is 13.8. The molecule has 96 valence electrons. The number of nitrogens with one attached hydrogen (secondary N) is 1. The van der Waals surface area contributed by atoms with Crippen molar-refractivity contribution in [1.29, 1.82) is 0 Å². The summed E-state index contributed by atoms with van der Waals surface area (Å²) in [7, 11) is 2.04. The maximum absolute atomic E-state index is 3.65. The summed E-state index contributed by atoms with van der Waals surface area (Å²) < 4.78 is 2.49. The SMILES string of the molecule is CNC(CCC(C)(C)C)c1cc(I)ccc1Br. The molecule has 1 nitrogen and oxygen atoms in total. The largest absolute Gasteiger partial charge is 0.313 e. The van der Waals surface area contributed by atoms with E-state index in [1.54, 1.807) is 0 Å². The molecule has 0 saturated carbocycles. The van der Waals surface area contributed by atoms with Gasteiger partial charge in [0.05, 0.1) is 0 Å². The summed E-state index contributed by atoms with van der Waals surface area (Å²) in [5.74, 6) is 0.